The summed E-state index contributed by atoms with van der Waals surface area (Å²) in [5.41, 5.74) is -9.86. The first-order valence-electron chi connectivity index (χ1n) is 20.8. The van der Waals surface area contributed by atoms with Gasteiger partial charge in [-0.05, 0) is 59.3 Å². The monoisotopic (exact) mass is 878 g/mol. The molecular formula is C39H75O19P. The number of carbonyl (C=O) groups excluding carboxylic acids is 3. The molecule has 0 aliphatic rings. The van der Waals surface area contributed by atoms with Crippen molar-refractivity contribution in [2.24, 2.45) is 0 Å². The van der Waals surface area contributed by atoms with Gasteiger partial charge in [-0.25, -0.2) is 14.4 Å². The molecule has 0 aromatic rings. The Morgan fingerprint density at radius 1 is 0.407 bits per heavy atom. The van der Waals surface area contributed by atoms with Crippen molar-refractivity contribution in [3.05, 3.63) is 0 Å². The van der Waals surface area contributed by atoms with E-state index in [-0.39, 0.29) is 39.6 Å². The molecule has 6 N–H and O–H groups in total. The number of ether oxygens (including phenoxy) is 6. The molecule has 3 atom stereocenters. The molecule has 0 radical (unpaired) electrons. The zero-order valence-corrected chi connectivity index (χ0v) is 37.7. The highest BCUT2D eigenvalue weighted by Crippen LogP contribution is 2.54. The quantitative estimate of drug-likeness (QED) is 0.0295. The number of phosphoric acid groups is 1. The van der Waals surface area contributed by atoms with Gasteiger partial charge >= 0.3 is 25.7 Å². The van der Waals surface area contributed by atoms with Crippen LogP contribution in [0.3, 0.4) is 0 Å². The zero-order chi connectivity index (χ0) is 45.4. The van der Waals surface area contributed by atoms with Gasteiger partial charge in [-0.2, -0.15) is 4.57 Å². The second-order valence-corrected chi connectivity index (χ2v) is 16.1. The SMILES string of the molecule is CCCCOC(C)(OCCCC)C(O)(CO)C(=O)OP(=O)(OC(=O)C(O)(CO)C(C)(OCCCC)OCCCC)OC(=O)C(O)(CO)C(C)(OCCCC)OCCCC. The Bertz CT molecular complexity index is 1090. The first-order chi connectivity index (χ1) is 27.7. The normalized spacial score (nSPS) is 16.7. The molecule has 0 aliphatic heterocycles. The second kappa shape index (κ2) is 27.3. The summed E-state index contributed by atoms with van der Waals surface area (Å²) in [4.78, 5) is 42.1. The summed E-state index contributed by atoms with van der Waals surface area (Å²) < 4.78 is 64.2. The van der Waals surface area contributed by atoms with Gasteiger partial charge in [0.2, 0.25) is 34.2 Å². The highest BCUT2D eigenvalue weighted by molar-refractivity contribution is 7.50. The molecule has 350 valence electrons. The van der Waals surface area contributed by atoms with E-state index in [1.165, 1.54) is 0 Å². The average Bonchev–Trinajstić information content (AvgIpc) is 3.19. The van der Waals surface area contributed by atoms with Crippen molar-refractivity contribution in [2.45, 2.75) is 174 Å². The summed E-state index contributed by atoms with van der Waals surface area (Å²) >= 11 is 0. The lowest BCUT2D eigenvalue weighted by Crippen LogP contribution is -2.65. The molecule has 20 heteroatoms. The number of aliphatic hydroxyl groups is 6. The molecule has 0 aromatic carbocycles. The maximum absolute atomic E-state index is 14.7. The minimum atomic E-state index is -6.31. The number of hydrogen-bond acceptors (Lipinski definition) is 19. The maximum atomic E-state index is 14.7. The lowest BCUT2D eigenvalue weighted by Gasteiger charge is -2.43. The van der Waals surface area contributed by atoms with Crippen molar-refractivity contribution in [3.8, 4) is 0 Å². The number of unbranched alkanes of at least 4 members (excludes halogenated alkanes) is 6. The van der Waals surface area contributed by atoms with Crippen LogP contribution in [-0.4, -0.2) is 142 Å². The molecule has 0 aliphatic carbocycles. The summed E-state index contributed by atoms with van der Waals surface area (Å²) in [7, 11) is -6.31. The van der Waals surface area contributed by atoms with Gasteiger partial charge in [-0.1, -0.05) is 80.1 Å². The summed E-state index contributed by atoms with van der Waals surface area (Å²) in [5.74, 6) is -13.5. The van der Waals surface area contributed by atoms with Crippen molar-refractivity contribution >= 4 is 25.7 Å². The predicted octanol–water partition coefficient (Wildman–Crippen LogP) is 3.94. The van der Waals surface area contributed by atoms with E-state index in [0.29, 0.717) is 77.0 Å². The summed E-state index contributed by atoms with van der Waals surface area (Å²) in [5, 5.41) is 66.8. The van der Waals surface area contributed by atoms with E-state index < -0.39 is 79.7 Å². The molecule has 0 saturated heterocycles. The number of aliphatic hydroxyl groups excluding tert-OH is 3. The van der Waals surface area contributed by atoms with E-state index in [9.17, 15) is 49.6 Å². The molecule has 0 rings (SSSR count). The van der Waals surface area contributed by atoms with E-state index in [0.717, 1.165) is 20.8 Å². The molecule has 19 nitrogen and oxygen atoms in total. The molecule has 0 amide bonds. The van der Waals surface area contributed by atoms with E-state index in [2.05, 4.69) is 0 Å². The van der Waals surface area contributed by atoms with Crippen molar-refractivity contribution < 1.29 is 91.6 Å². The minimum absolute atomic E-state index is 0.118. The van der Waals surface area contributed by atoms with Crippen molar-refractivity contribution in [2.75, 3.05) is 59.5 Å². The minimum Gasteiger partial charge on any atom is -0.393 e. The summed E-state index contributed by atoms with van der Waals surface area (Å²) in [6, 6.07) is 0. The Morgan fingerprint density at radius 3 is 0.712 bits per heavy atom. The fraction of sp³-hybridized carbons (Fsp3) is 0.923. The van der Waals surface area contributed by atoms with Crippen LogP contribution in [0.5, 0.6) is 0 Å². The third-order valence-corrected chi connectivity index (χ3v) is 11.0. The Morgan fingerprint density at radius 2 is 0.576 bits per heavy atom. The maximum Gasteiger partial charge on any atom is 0.654 e. The Hall–Kier alpha value is -1.84. The molecule has 0 aromatic heterocycles. The summed E-state index contributed by atoms with van der Waals surface area (Å²) in [6.07, 6.45) is 5.99. The average molecular weight is 879 g/mol. The molecule has 0 fully saturated rings. The highest BCUT2D eigenvalue weighted by atomic mass is 31.2. The van der Waals surface area contributed by atoms with Gasteiger partial charge in [-0.15, -0.1) is 0 Å². The lowest BCUT2D eigenvalue weighted by molar-refractivity contribution is -0.315. The van der Waals surface area contributed by atoms with Gasteiger partial charge in [0.05, 0.1) is 59.5 Å². The smallest absolute Gasteiger partial charge is 0.393 e. The van der Waals surface area contributed by atoms with Crippen molar-refractivity contribution in [1.82, 2.24) is 0 Å². The molecule has 3 unspecified atom stereocenters. The number of rotatable bonds is 36. The van der Waals surface area contributed by atoms with Crippen LogP contribution in [0.4, 0.5) is 0 Å². The summed E-state index contributed by atoms with van der Waals surface area (Å²) in [6.45, 7) is 8.97. The number of carbonyl (C=O) groups is 3. The van der Waals surface area contributed by atoms with Crippen LogP contribution in [0.15, 0.2) is 0 Å². The molecule has 59 heavy (non-hydrogen) atoms. The zero-order valence-electron chi connectivity index (χ0n) is 36.8. The first kappa shape index (κ1) is 57.2. The number of phosphoric ester groups is 1. The van der Waals surface area contributed by atoms with E-state index >= 15 is 0 Å². The number of hydrogen-bond donors (Lipinski definition) is 6. The van der Waals surface area contributed by atoms with E-state index in [1.54, 1.807) is 0 Å². The fourth-order valence-electron chi connectivity index (χ4n) is 5.08. The third-order valence-electron chi connectivity index (χ3n) is 9.79. The van der Waals surface area contributed by atoms with Gasteiger partial charge in [0.25, 0.3) is 0 Å². The van der Waals surface area contributed by atoms with Crippen LogP contribution in [0.25, 0.3) is 0 Å². The van der Waals surface area contributed by atoms with Crippen molar-refractivity contribution in [3.63, 3.8) is 0 Å². The molecule has 0 saturated carbocycles. The Balaban J connectivity index is 7.64. The topological polar surface area (TPSA) is 273 Å². The molecule has 0 bridgehead atoms. The molecular weight excluding hydrogens is 803 g/mol. The van der Waals surface area contributed by atoms with Crippen LogP contribution < -0.4 is 0 Å². The van der Waals surface area contributed by atoms with Gasteiger partial charge in [0.1, 0.15) is 0 Å². The van der Waals surface area contributed by atoms with Crippen LogP contribution >= 0.6 is 7.82 Å². The highest BCUT2D eigenvalue weighted by Gasteiger charge is 2.64. The molecule has 0 spiro atoms. The standard InChI is InChI=1S/C39H75O19P/c1-10-16-22-50-34(7,51-23-17-11-2)37(46,28-40)31(43)56-59(49,57-32(44)38(47,29-41)35(8,52-24-18-12-3)53-25-19-13-4)58-33(45)39(48,30-42)36(9,54-26-20-14-5)55-27-21-15-6/h40-42,46-48H,10-30H2,1-9H3. The van der Waals surface area contributed by atoms with Crippen molar-refractivity contribution in [1.29, 1.82) is 0 Å². The fourth-order valence-corrected chi connectivity index (χ4v) is 6.25. The Kier molecular flexibility index (Phi) is 26.4. The van der Waals surface area contributed by atoms with Gasteiger partial charge in [0.15, 0.2) is 0 Å². The largest absolute Gasteiger partial charge is 0.654 e. The van der Waals surface area contributed by atoms with E-state index in [1.807, 2.05) is 41.5 Å². The predicted molar refractivity (Wildman–Crippen MR) is 212 cm³/mol. The first-order valence-corrected chi connectivity index (χ1v) is 22.3. The third kappa shape index (κ3) is 15.5. The van der Waals surface area contributed by atoms with Crippen LogP contribution in [0.1, 0.15) is 139 Å². The van der Waals surface area contributed by atoms with E-state index in [4.69, 9.17) is 42.0 Å². The second-order valence-electron chi connectivity index (χ2n) is 14.7. The lowest BCUT2D eigenvalue weighted by atomic mass is 9.94. The van der Waals surface area contributed by atoms with Crippen LogP contribution in [-0.2, 0) is 60.9 Å². The van der Waals surface area contributed by atoms with Gasteiger partial charge in [0, 0.05) is 0 Å². The van der Waals surface area contributed by atoms with Crippen LogP contribution in [0, 0.1) is 0 Å². The molecule has 0 heterocycles. The Labute approximate surface area is 349 Å². The van der Waals surface area contributed by atoms with Gasteiger partial charge in [-0.3, -0.25) is 0 Å². The van der Waals surface area contributed by atoms with Crippen LogP contribution in [0.2, 0.25) is 0 Å². The van der Waals surface area contributed by atoms with Gasteiger partial charge < -0.3 is 72.6 Å².